The number of carbonyl (C=O) groups is 1. The fourth-order valence-electron chi connectivity index (χ4n) is 2.71. The first-order valence-electron chi connectivity index (χ1n) is 8.42. The number of amides is 1. The van der Waals surface area contributed by atoms with Crippen molar-refractivity contribution in [3.8, 4) is 5.75 Å². The molecule has 0 saturated heterocycles. The van der Waals surface area contributed by atoms with Crippen LogP contribution < -0.4 is 15.8 Å². The Hall–Kier alpha value is -3.23. The van der Waals surface area contributed by atoms with Crippen LogP contribution in [0.5, 0.6) is 5.75 Å². The Balaban J connectivity index is 1.61. The molecule has 0 fully saturated rings. The second kappa shape index (κ2) is 7.79. The minimum atomic E-state index is -4.54. The number of halogens is 3. The van der Waals surface area contributed by atoms with Crippen LogP contribution in [0.4, 0.5) is 13.2 Å². The number of benzene rings is 2. The summed E-state index contributed by atoms with van der Waals surface area (Å²) in [5.41, 5.74) is -0.0453. The van der Waals surface area contributed by atoms with Gasteiger partial charge in [0.15, 0.2) is 5.58 Å². The molecular formula is C19H17F3N2O4. The first kappa shape index (κ1) is 19.5. The summed E-state index contributed by atoms with van der Waals surface area (Å²) in [6, 6.07) is 10.9. The van der Waals surface area contributed by atoms with Crippen LogP contribution in [-0.2, 0) is 17.5 Å². The Morgan fingerprint density at radius 1 is 1.18 bits per heavy atom. The van der Waals surface area contributed by atoms with E-state index < -0.39 is 29.4 Å². The lowest BCUT2D eigenvalue weighted by atomic mass is 10.2. The summed E-state index contributed by atoms with van der Waals surface area (Å²) in [7, 11) is 0. The third-order valence-electron chi connectivity index (χ3n) is 3.96. The molecule has 1 heterocycles. The minimum absolute atomic E-state index is 0.167. The largest absolute Gasteiger partial charge is 0.491 e. The number of nitrogens with one attached hydrogen (secondary N) is 1. The van der Waals surface area contributed by atoms with Gasteiger partial charge in [-0.2, -0.15) is 13.2 Å². The van der Waals surface area contributed by atoms with Crippen LogP contribution in [0.3, 0.4) is 0 Å². The molecule has 1 atom stereocenters. The average molecular weight is 394 g/mol. The molecule has 2 aromatic carbocycles. The van der Waals surface area contributed by atoms with Gasteiger partial charge < -0.3 is 14.5 Å². The Morgan fingerprint density at radius 3 is 2.61 bits per heavy atom. The maximum absolute atomic E-state index is 13.0. The fourth-order valence-corrected chi connectivity index (χ4v) is 2.71. The molecule has 3 rings (SSSR count). The number of oxazole rings is 1. The molecule has 1 amide bonds. The van der Waals surface area contributed by atoms with Gasteiger partial charge in [0.25, 0.3) is 0 Å². The van der Waals surface area contributed by atoms with Crippen molar-refractivity contribution in [2.45, 2.75) is 25.7 Å². The monoisotopic (exact) mass is 394 g/mol. The number of aromatic nitrogens is 1. The second-order valence-corrected chi connectivity index (χ2v) is 6.20. The number of hydrogen-bond acceptors (Lipinski definition) is 4. The van der Waals surface area contributed by atoms with Crippen LogP contribution in [0.25, 0.3) is 11.1 Å². The summed E-state index contributed by atoms with van der Waals surface area (Å²) >= 11 is 0. The lowest BCUT2D eigenvalue weighted by molar-refractivity contribution is -0.139. The molecule has 6 nitrogen and oxygen atoms in total. The van der Waals surface area contributed by atoms with Crippen molar-refractivity contribution in [1.82, 2.24) is 9.88 Å². The van der Waals surface area contributed by atoms with Gasteiger partial charge in [-0.15, -0.1) is 0 Å². The van der Waals surface area contributed by atoms with E-state index in [-0.39, 0.29) is 18.9 Å². The Morgan fingerprint density at radius 2 is 1.86 bits per heavy atom. The molecular weight excluding hydrogens is 377 g/mol. The standard InChI is InChI=1S/C19H17F3N2O4/c1-12(11-27-15-8-4-2-6-13(15)19(20,21)22)23-17(25)10-24-14-7-3-5-9-16(14)28-18(24)26/h2-9,12H,10-11H2,1H3,(H,23,25). The zero-order valence-electron chi connectivity index (χ0n) is 14.8. The highest BCUT2D eigenvalue weighted by molar-refractivity contribution is 5.79. The van der Waals surface area contributed by atoms with E-state index in [1.54, 1.807) is 31.2 Å². The molecule has 28 heavy (non-hydrogen) atoms. The smallest absolute Gasteiger partial charge is 0.420 e. The van der Waals surface area contributed by atoms with E-state index in [0.29, 0.717) is 11.1 Å². The molecule has 1 N–H and O–H groups in total. The summed E-state index contributed by atoms with van der Waals surface area (Å²) in [5.74, 6) is -1.47. The molecule has 148 valence electrons. The van der Waals surface area contributed by atoms with Crippen LogP contribution >= 0.6 is 0 Å². The highest BCUT2D eigenvalue weighted by atomic mass is 19.4. The summed E-state index contributed by atoms with van der Waals surface area (Å²) in [6.45, 7) is 1.14. The predicted molar refractivity (Wildman–Crippen MR) is 95.0 cm³/mol. The molecule has 0 radical (unpaired) electrons. The average Bonchev–Trinajstić information content (AvgIpc) is 2.95. The highest BCUT2D eigenvalue weighted by Gasteiger charge is 2.34. The van der Waals surface area contributed by atoms with Crippen molar-refractivity contribution in [2.24, 2.45) is 0 Å². The molecule has 0 aliphatic rings. The quantitative estimate of drug-likeness (QED) is 0.697. The maximum Gasteiger partial charge on any atom is 0.420 e. The molecule has 1 unspecified atom stereocenters. The summed E-state index contributed by atoms with van der Waals surface area (Å²) in [6.07, 6.45) is -4.54. The van der Waals surface area contributed by atoms with Crippen LogP contribution in [0.15, 0.2) is 57.7 Å². The molecule has 0 saturated carbocycles. The van der Waals surface area contributed by atoms with Gasteiger partial charge >= 0.3 is 11.9 Å². The summed E-state index contributed by atoms with van der Waals surface area (Å²) in [5, 5.41) is 2.59. The van der Waals surface area contributed by atoms with E-state index in [2.05, 4.69) is 5.32 Å². The van der Waals surface area contributed by atoms with E-state index in [1.807, 2.05) is 0 Å². The van der Waals surface area contributed by atoms with Crippen LogP contribution in [0.1, 0.15) is 12.5 Å². The lowest BCUT2D eigenvalue weighted by Crippen LogP contribution is -2.39. The molecule has 1 aromatic heterocycles. The van der Waals surface area contributed by atoms with Crippen molar-refractivity contribution < 1.29 is 27.1 Å². The lowest BCUT2D eigenvalue weighted by Gasteiger charge is -2.18. The normalized spacial score (nSPS) is 12.7. The highest BCUT2D eigenvalue weighted by Crippen LogP contribution is 2.35. The Bertz CT molecular complexity index is 1040. The number of para-hydroxylation sites is 3. The van der Waals surface area contributed by atoms with Crippen molar-refractivity contribution >= 4 is 17.0 Å². The number of carbonyl (C=O) groups excluding carboxylic acids is 1. The third-order valence-corrected chi connectivity index (χ3v) is 3.96. The number of ether oxygens (including phenoxy) is 1. The number of nitrogens with zero attached hydrogens (tertiary/aromatic N) is 1. The van der Waals surface area contributed by atoms with Crippen molar-refractivity contribution in [2.75, 3.05) is 6.61 Å². The van der Waals surface area contributed by atoms with Gasteiger partial charge in [-0.05, 0) is 31.2 Å². The summed E-state index contributed by atoms with van der Waals surface area (Å²) < 4.78 is 50.4. The SMILES string of the molecule is CC(COc1ccccc1C(F)(F)F)NC(=O)Cn1c(=O)oc2ccccc21. The van der Waals surface area contributed by atoms with Crippen LogP contribution in [0.2, 0.25) is 0 Å². The zero-order valence-corrected chi connectivity index (χ0v) is 14.8. The van der Waals surface area contributed by atoms with Gasteiger partial charge in [0, 0.05) is 0 Å². The molecule has 9 heteroatoms. The van der Waals surface area contributed by atoms with E-state index in [4.69, 9.17) is 9.15 Å². The van der Waals surface area contributed by atoms with E-state index in [0.717, 1.165) is 6.07 Å². The molecule has 3 aromatic rings. The van der Waals surface area contributed by atoms with Crippen LogP contribution in [0, 0.1) is 0 Å². The Kier molecular flexibility index (Phi) is 5.43. The Labute approximate surface area is 157 Å². The van der Waals surface area contributed by atoms with E-state index in [1.165, 1.54) is 22.8 Å². The van der Waals surface area contributed by atoms with Gasteiger partial charge in [-0.25, -0.2) is 4.79 Å². The zero-order chi connectivity index (χ0) is 20.3. The van der Waals surface area contributed by atoms with Crippen molar-refractivity contribution in [3.63, 3.8) is 0 Å². The van der Waals surface area contributed by atoms with Crippen molar-refractivity contribution in [1.29, 1.82) is 0 Å². The number of hydrogen-bond donors (Lipinski definition) is 1. The van der Waals surface area contributed by atoms with Gasteiger partial charge in [0.1, 0.15) is 18.9 Å². The molecule has 0 aliphatic heterocycles. The third kappa shape index (κ3) is 4.36. The predicted octanol–water partition coefficient (Wildman–Crippen LogP) is 3.20. The van der Waals surface area contributed by atoms with Crippen molar-refractivity contribution in [3.05, 3.63) is 64.6 Å². The summed E-state index contributed by atoms with van der Waals surface area (Å²) in [4.78, 5) is 24.1. The number of fused-ring (bicyclic) bond motifs is 1. The van der Waals surface area contributed by atoms with Crippen LogP contribution in [-0.4, -0.2) is 23.1 Å². The molecule has 0 bridgehead atoms. The molecule has 0 aliphatic carbocycles. The number of alkyl halides is 3. The topological polar surface area (TPSA) is 73.5 Å². The van der Waals surface area contributed by atoms with E-state index in [9.17, 15) is 22.8 Å². The maximum atomic E-state index is 13.0. The fraction of sp³-hybridized carbons (Fsp3) is 0.263. The first-order chi connectivity index (χ1) is 13.3. The molecule has 0 spiro atoms. The van der Waals surface area contributed by atoms with Gasteiger partial charge in [0.05, 0.1) is 17.1 Å². The first-order valence-corrected chi connectivity index (χ1v) is 8.42. The minimum Gasteiger partial charge on any atom is -0.491 e. The van der Waals surface area contributed by atoms with Gasteiger partial charge in [-0.1, -0.05) is 24.3 Å². The second-order valence-electron chi connectivity index (χ2n) is 6.20. The number of rotatable bonds is 6. The van der Waals surface area contributed by atoms with E-state index >= 15 is 0 Å². The van der Waals surface area contributed by atoms with Gasteiger partial charge in [-0.3, -0.25) is 9.36 Å². The van der Waals surface area contributed by atoms with Gasteiger partial charge in [0.2, 0.25) is 5.91 Å².